The van der Waals surface area contributed by atoms with E-state index in [1.165, 1.54) is 18.3 Å². The van der Waals surface area contributed by atoms with Crippen LogP contribution in [-0.4, -0.2) is 11.2 Å². The van der Waals surface area contributed by atoms with Gasteiger partial charge in [-0.05, 0) is 11.6 Å². The van der Waals surface area contributed by atoms with Crippen LogP contribution < -0.4 is 5.73 Å². The third-order valence-corrected chi connectivity index (χ3v) is 1.40. The van der Waals surface area contributed by atoms with Crippen LogP contribution in [0.3, 0.4) is 0 Å². The lowest BCUT2D eigenvalue weighted by Crippen LogP contribution is -2.28. The summed E-state index contributed by atoms with van der Waals surface area (Å²) in [6.45, 7) is 0. The van der Waals surface area contributed by atoms with E-state index in [0.717, 1.165) is 6.20 Å². The quantitative estimate of drug-likeness (QED) is 0.830. The maximum atomic E-state index is 12.0. The van der Waals surface area contributed by atoms with Crippen molar-refractivity contribution in [2.24, 2.45) is 5.73 Å². The SMILES string of the molecule is Cl.Cl.NC(c1cccnc1)C(F)(F)F. The highest BCUT2D eigenvalue weighted by Gasteiger charge is 2.37. The van der Waals surface area contributed by atoms with E-state index in [9.17, 15) is 13.2 Å². The normalized spacial score (nSPS) is 12.3. The van der Waals surface area contributed by atoms with Crippen molar-refractivity contribution in [1.29, 1.82) is 0 Å². The average molecular weight is 249 g/mol. The van der Waals surface area contributed by atoms with Crippen LogP contribution in [0.4, 0.5) is 13.2 Å². The molecule has 0 radical (unpaired) electrons. The summed E-state index contributed by atoms with van der Waals surface area (Å²) in [5.74, 6) is 0. The van der Waals surface area contributed by atoms with Gasteiger partial charge in [0, 0.05) is 12.4 Å². The fourth-order valence-electron chi connectivity index (χ4n) is 0.749. The van der Waals surface area contributed by atoms with E-state index < -0.39 is 12.2 Å². The zero-order chi connectivity index (χ0) is 9.19. The molecule has 0 aromatic carbocycles. The molecule has 2 N–H and O–H groups in total. The molecule has 0 aliphatic heterocycles. The maximum absolute atomic E-state index is 12.0. The third kappa shape index (κ3) is 4.13. The highest BCUT2D eigenvalue weighted by atomic mass is 35.5. The number of hydrogen-bond acceptors (Lipinski definition) is 2. The van der Waals surface area contributed by atoms with Crippen LogP contribution in [0.25, 0.3) is 0 Å². The molecule has 0 fully saturated rings. The van der Waals surface area contributed by atoms with Gasteiger partial charge in [-0.25, -0.2) is 0 Å². The fourth-order valence-corrected chi connectivity index (χ4v) is 0.749. The second-order valence-corrected chi connectivity index (χ2v) is 2.31. The molecule has 2 nitrogen and oxygen atoms in total. The third-order valence-electron chi connectivity index (χ3n) is 1.40. The largest absolute Gasteiger partial charge is 0.407 e. The number of hydrogen-bond donors (Lipinski definition) is 1. The Morgan fingerprint density at radius 2 is 1.86 bits per heavy atom. The highest BCUT2D eigenvalue weighted by Crippen LogP contribution is 2.29. The fraction of sp³-hybridized carbons (Fsp3) is 0.286. The van der Waals surface area contributed by atoms with Gasteiger partial charge in [0.05, 0.1) is 0 Å². The van der Waals surface area contributed by atoms with Crippen molar-refractivity contribution in [2.75, 3.05) is 0 Å². The summed E-state index contributed by atoms with van der Waals surface area (Å²) in [6, 6.07) is 0.776. The Kier molecular flexibility index (Phi) is 6.89. The molecule has 0 spiro atoms. The Morgan fingerprint density at radius 3 is 2.21 bits per heavy atom. The van der Waals surface area contributed by atoms with Gasteiger partial charge < -0.3 is 5.73 Å². The molecule has 1 aromatic rings. The Balaban J connectivity index is 0. The van der Waals surface area contributed by atoms with Crippen LogP contribution >= 0.6 is 24.8 Å². The molecule has 14 heavy (non-hydrogen) atoms. The van der Waals surface area contributed by atoms with Gasteiger partial charge in [-0.15, -0.1) is 24.8 Å². The van der Waals surface area contributed by atoms with Gasteiger partial charge in [-0.1, -0.05) is 6.07 Å². The molecule has 0 aliphatic rings. The molecule has 0 amide bonds. The predicted molar refractivity (Wildman–Crippen MR) is 51.7 cm³/mol. The van der Waals surface area contributed by atoms with Gasteiger partial charge in [0.2, 0.25) is 0 Å². The maximum Gasteiger partial charge on any atom is 0.407 e. The molecule has 1 atom stereocenters. The summed E-state index contributed by atoms with van der Waals surface area (Å²) in [5.41, 5.74) is 4.88. The summed E-state index contributed by atoms with van der Waals surface area (Å²) < 4.78 is 35.9. The number of pyridine rings is 1. The molecule has 1 rings (SSSR count). The minimum Gasteiger partial charge on any atom is -0.316 e. The second-order valence-electron chi connectivity index (χ2n) is 2.31. The Bertz CT molecular complexity index is 253. The van der Waals surface area contributed by atoms with Crippen molar-refractivity contribution in [2.45, 2.75) is 12.2 Å². The molecule has 0 saturated carbocycles. The van der Waals surface area contributed by atoms with Crippen LogP contribution in [0.5, 0.6) is 0 Å². The van der Waals surface area contributed by atoms with E-state index in [4.69, 9.17) is 5.73 Å². The summed E-state index contributed by atoms with van der Waals surface area (Å²) in [7, 11) is 0. The molecule has 1 aromatic heterocycles. The first-order valence-electron chi connectivity index (χ1n) is 3.24. The van der Waals surface area contributed by atoms with Gasteiger partial charge >= 0.3 is 6.18 Å². The van der Waals surface area contributed by atoms with E-state index in [1.54, 1.807) is 0 Å². The molecule has 7 heteroatoms. The lowest BCUT2D eigenvalue weighted by atomic mass is 10.1. The van der Waals surface area contributed by atoms with Gasteiger partial charge in [0.15, 0.2) is 0 Å². The van der Waals surface area contributed by atoms with Crippen molar-refractivity contribution < 1.29 is 13.2 Å². The van der Waals surface area contributed by atoms with Crippen molar-refractivity contribution >= 4 is 24.8 Å². The van der Waals surface area contributed by atoms with Crippen molar-refractivity contribution in [3.05, 3.63) is 30.1 Å². The lowest BCUT2D eigenvalue weighted by Gasteiger charge is -2.14. The molecule has 82 valence electrons. The van der Waals surface area contributed by atoms with Crippen LogP contribution in [-0.2, 0) is 0 Å². The van der Waals surface area contributed by atoms with Crippen LogP contribution in [0, 0.1) is 0 Å². The molecule has 1 heterocycles. The van der Waals surface area contributed by atoms with Gasteiger partial charge in [0.1, 0.15) is 6.04 Å². The Morgan fingerprint density at radius 1 is 1.29 bits per heavy atom. The van der Waals surface area contributed by atoms with E-state index in [2.05, 4.69) is 4.98 Å². The topological polar surface area (TPSA) is 38.9 Å². The van der Waals surface area contributed by atoms with E-state index in [1.807, 2.05) is 0 Å². The minimum absolute atomic E-state index is 0. The number of nitrogens with zero attached hydrogens (tertiary/aromatic N) is 1. The predicted octanol–water partition coefficient (Wildman–Crippen LogP) is 2.49. The standard InChI is InChI=1S/C7H7F3N2.2ClH/c8-7(9,10)6(11)5-2-1-3-12-4-5;;/h1-4,6H,11H2;2*1H. The molecular weight excluding hydrogens is 240 g/mol. The van der Waals surface area contributed by atoms with E-state index >= 15 is 0 Å². The van der Waals surface area contributed by atoms with Crippen molar-refractivity contribution in [3.63, 3.8) is 0 Å². The number of halogens is 5. The van der Waals surface area contributed by atoms with Crippen LogP contribution in [0.15, 0.2) is 24.5 Å². The first kappa shape index (κ1) is 15.9. The Labute approximate surface area is 91.5 Å². The molecular formula is C7H9Cl2F3N2. The first-order valence-corrected chi connectivity index (χ1v) is 3.24. The zero-order valence-electron chi connectivity index (χ0n) is 6.86. The smallest absolute Gasteiger partial charge is 0.316 e. The van der Waals surface area contributed by atoms with Crippen molar-refractivity contribution in [1.82, 2.24) is 4.98 Å². The summed E-state index contributed by atoms with van der Waals surface area (Å²) in [4.78, 5) is 3.54. The molecule has 1 unspecified atom stereocenters. The summed E-state index contributed by atoms with van der Waals surface area (Å²) >= 11 is 0. The van der Waals surface area contributed by atoms with E-state index in [-0.39, 0.29) is 30.4 Å². The van der Waals surface area contributed by atoms with E-state index in [0.29, 0.717) is 0 Å². The number of rotatable bonds is 1. The van der Waals surface area contributed by atoms with Gasteiger partial charge in [-0.2, -0.15) is 13.2 Å². The van der Waals surface area contributed by atoms with Gasteiger partial charge in [0.25, 0.3) is 0 Å². The molecule has 0 bridgehead atoms. The second kappa shape index (κ2) is 6.06. The van der Waals surface area contributed by atoms with Crippen molar-refractivity contribution in [3.8, 4) is 0 Å². The average Bonchev–Trinajstić information content (AvgIpc) is 2.03. The first-order chi connectivity index (χ1) is 5.52. The number of aromatic nitrogens is 1. The minimum atomic E-state index is -4.40. The van der Waals surface area contributed by atoms with Crippen LogP contribution in [0.1, 0.15) is 11.6 Å². The summed E-state index contributed by atoms with van der Waals surface area (Å²) in [5, 5.41) is 0. The van der Waals surface area contributed by atoms with Crippen LogP contribution in [0.2, 0.25) is 0 Å². The van der Waals surface area contributed by atoms with Gasteiger partial charge in [-0.3, -0.25) is 4.98 Å². The lowest BCUT2D eigenvalue weighted by molar-refractivity contribution is -0.149. The monoisotopic (exact) mass is 248 g/mol. The number of nitrogens with two attached hydrogens (primary N) is 1. The number of alkyl halides is 3. The molecule has 0 aliphatic carbocycles. The summed E-state index contributed by atoms with van der Waals surface area (Å²) in [6.07, 6.45) is -1.90. The zero-order valence-corrected chi connectivity index (χ0v) is 8.49. The highest BCUT2D eigenvalue weighted by molar-refractivity contribution is 5.85. The Hall–Kier alpha value is -0.520. The molecule has 0 saturated heterocycles.